The summed E-state index contributed by atoms with van der Waals surface area (Å²) in [6.07, 6.45) is 2.38. The van der Waals surface area contributed by atoms with Crippen LogP contribution in [0.4, 0.5) is 20.6 Å². The molecule has 1 N–H and O–H groups in total. The number of rotatable bonds is 5. The highest BCUT2D eigenvalue weighted by Gasteiger charge is 2.60. The molecule has 1 aromatic carbocycles. The minimum Gasteiger partial charge on any atom is -0.442 e. The molecule has 3 aliphatic heterocycles. The van der Waals surface area contributed by atoms with Crippen LogP contribution in [-0.2, 0) is 14.3 Å². The molecular weight excluding hydrogens is 415 g/mol. The van der Waals surface area contributed by atoms with E-state index in [-0.39, 0.29) is 36.6 Å². The van der Waals surface area contributed by atoms with Gasteiger partial charge in [0.15, 0.2) is 0 Å². The molecule has 0 aromatic heterocycles. The Labute approximate surface area is 186 Å². The molecule has 172 valence electrons. The van der Waals surface area contributed by atoms with Crippen LogP contribution in [-0.4, -0.2) is 68.2 Å². The van der Waals surface area contributed by atoms with Gasteiger partial charge in [0.05, 0.1) is 24.5 Å². The van der Waals surface area contributed by atoms with Crippen molar-refractivity contribution in [3.63, 3.8) is 0 Å². The topological polar surface area (TPSA) is 82.2 Å². The van der Waals surface area contributed by atoms with Crippen molar-refractivity contribution in [2.75, 3.05) is 49.1 Å². The molecule has 1 aromatic rings. The van der Waals surface area contributed by atoms with Gasteiger partial charge in [-0.25, -0.2) is 9.18 Å². The van der Waals surface area contributed by atoms with E-state index in [1.165, 1.54) is 24.3 Å². The van der Waals surface area contributed by atoms with E-state index in [9.17, 15) is 18.8 Å². The maximum absolute atomic E-state index is 15.0. The lowest BCUT2D eigenvalue weighted by Gasteiger charge is -2.29. The number of carbonyl (C=O) groups is 3. The van der Waals surface area contributed by atoms with Gasteiger partial charge >= 0.3 is 6.09 Å². The predicted molar refractivity (Wildman–Crippen MR) is 116 cm³/mol. The summed E-state index contributed by atoms with van der Waals surface area (Å²) in [7, 11) is 0. The van der Waals surface area contributed by atoms with Gasteiger partial charge in [-0.3, -0.25) is 14.5 Å². The van der Waals surface area contributed by atoms with Gasteiger partial charge in [-0.05, 0) is 49.3 Å². The number of cyclic esters (lactones) is 1. The minimum absolute atomic E-state index is 0.103. The standard InChI is InChI=1S/C23H29FN4O4/c1-14(29)25-10-16-11-28(23(31)32-16)15-5-6-20(19(24)9-15)27-12-17-18(13-27)21(17)22(30)26-7-3-2-4-8-26/h5-6,9,16-18,21H,2-4,7-8,10-13H2,1H3,(H,25,29)/t16-,17-,18+,21?/m0/s1. The summed E-state index contributed by atoms with van der Waals surface area (Å²) in [5.74, 6) is 0.431. The average Bonchev–Trinajstić information content (AvgIpc) is 3.08. The first-order valence-corrected chi connectivity index (χ1v) is 11.5. The Hall–Kier alpha value is -2.84. The number of halogens is 1. The van der Waals surface area contributed by atoms with Crippen LogP contribution in [0.1, 0.15) is 26.2 Å². The van der Waals surface area contributed by atoms with Crippen LogP contribution in [0.2, 0.25) is 0 Å². The highest BCUT2D eigenvalue weighted by Crippen LogP contribution is 2.53. The van der Waals surface area contributed by atoms with Crippen LogP contribution in [0.25, 0.3) is 0 Å². The fourth-order valence-electron chi connectivity index (χ4n) is 5.43. The smallest absolute Gasteiger partial charge is 0.414 e. The summed E-state index contributed by atoms with van der Waals surface area (Å²) in [4.78, 5) is 41.4. The molecule has 5 rings (SSSR count). The molecule has 1 unspecified atom stereocenters. The van der Waals surface area contributed by atoms with Crippen LogP contribution < -0.4 is 15.1 Å². The van der Waals surface area contributed by atoms with Crippen molar-refractivity contribution in [2.24, 2.45) is 17.8 Å². The van der Waals surface area contributed by atoms with E-state index < -0.39 is 12.2 Å². The zero-order chi connectivity index (χ0) is 22.4. The maximum Gasteiger partial charge on any atom is 0.414 e. The molecular formula is C23H29FN4O4. The average molecular weight is 445 g/mol. The van der Waals surface area contributed by atoms with Gasteiger partial charge in [0.25, 0.3) is 0 Å². The summed E-state index contributed by atoms with van der Waals surface area (Å²) in [5, 5.41) is 2.63. The second kappa shape index (κ2) is 8.26. The first kappa shape index (κ1) is 21.0. The number of nitrogens with one attached hydrogen (secondary N) is 1. The largest absolute Gasteiger partial charge is 0.442 e. The molecule has 0 radical (unpaired) electrons. The van der Waals surface area contributed by atoms with Gasteiger partial charge in [0.2, 0.25) is 11.8 Å². The fraction of sp³-hybridized carbons (Fsp3) is 0.609. The molecule has 4 fully saturated rings. The number of nitrogens with zero attached hydrogens (tertiary/aromatic N) is 3. The van der Waals surface area contributed by atoms with Crippen LogP contribution >= 0.6 is 0 Å². The number of likely N-dealkylation sites (tertiary alicyclic amines) is 1. The summed E-state index contributed by atoms with van der Waals surface area (Å²) >= 11 is 0. The van der Waals surface area contributed by atoms with E-state index in [0.29, 0.717) is 36.3 Å². The summed E-state index contributed by atoms with van der Waals surface area (Å²) in [6.45, 7) is 5.01. The zero-order valence-corrected chi connectivity index (χ0v) is 18.3. The highest BCUT2D eigenvalue weighted by molar-refractivity contribution is 5.90. The highest BCUT2D eigenvalue weighted by atomic mass is 19.1. The molecule has 0 bridgehead atoms. The summed E-state index contributed by atoms with van der Waals surface area (Å²) in [5.41, 5.74) is 0.941. The van der Waals surface area contributed by atoms with E-state index in [0.717, 1.165) is 25.9 Å². The van der Waals surface area contributed by atoms with Crippen LogP contribution in [0.15, 0.2) is 18.2 Å². The van der Waals surface area contributed by atoms with Gasteiger partial charge in [-0.1, -0.05) is 0 Å². The second-order valence-corrected chi connectivity index (χ2v) is 9.33. The molecule has 3 saturated heterocycles. The van der Waals surface area contributed by atoms with Crippen LogP contribution in [0.5, 0.6) is 0 Å². The SMILES string of the molecule is CC(=O)NC[C@H]1CN(c2ccc(N3C[C@@H]4C(C(=O)N5CCCCC5)[C@@H]4C3)c(F)c2)C(=O)O1. The number of hydrogen-bond acceptors (Lipinski definition) is 5. The van der Waals surface area contributed by atoms with E-state index in [2.05, 4.69) is 5.32 Å². The van der Waals surface area contributed by atoms with Crippen molar-refractivity contribution in [2.45, 2.75) is 32.3 Å². The van der Waals surface area contributed by atoms with Crippen molar-refractivity contribution < 1.29 is 23.5 Å². The first-order valence-electron chi connectivity index (χ1n) is 11.5. The monoisotopic (exact) mass is 444 g/mol. The maximum atomic E-state index is 15.0. The Morgan fingerprint density at radius 2 is 1.84 bits per heavy atom. The number of benzene rings is 1. The molecule has 8 nitrogen and oxygen atoms in total. The Kier molecular flexibility index (Phi) is 5.43. The number of amides is 3. The van der Waals surface area contributed by atoms with Crippen molar-refractivity contribution in [1.82, 2.24) is 10.2 Å². The molecule has 4 atom stereocenters. The van der Waals surface area contributed by atoms with Gasteiger partial charge in [-0.2, -0.15) is 0 Å². The minimum atomic E-state index is -0.547. The number of carbonyl (C=O) groups excluding carboxylic acids is 3. The molecule has 1 saturated carbocycles. The third-order valence-electron chi connectivity index (χ3n) is 7.18. The number of piperidine rings is 2. The van der Waals surface area contributed by atoms with E-state index in [4.69, 9.17) is 4.74 Å². The Bertz CT molecular complexity index is 923. The lowest BCUT2D eigenvalue weighted by Crippen LogP contribution is -2.39. The molecule has 4 aliphatic rings. The Morgan fingerprint density at radius 1 is 1.12 bits per heavy atom. The van der Waals surface area contributed by atoms with Gasteiger partial charge in [0, 0.05) is 39.0 Å². The summed E-state index contributed by atoms with van der Waals surface area (Å²) < 4.78 is 20.2. The number of ether oxygens (including phenoxy) is 1. The number of hydrogen-bond donors (Lipinski definition) is 1. The molecule has 1 aliphatic carbocycles. The predicted octanol–water partition coefficient (Wildman–Crippen LogP) is 1.98. The normalized spacial score (nSPS) is 29.1. The first-order chi connectivity index (χ1) is 15.4. The van der Waals surface area contributed by atoms with Crippen LogP contribution in [0.3, 0.4) is 0 Å². The Morgan fingerprint density at radius 3 is 2.50 bits per heavy atom. The molecule has 0 spiro atoms. The number of fused-ring (bicyclic) bond motifs is 1. The van der Waals surface area contributed by atoms with Crippen molar-refractivity contribution in [3.8, 4) is 0 Å². The zero-order valence-electron chi connectivity index (χ0n) is 18.3. The quantitative estimate of drug-likeness (QED) is 0.751. The van der Waals surface area contributed by atoms with E-state index in [1.54, 1.807) is 12.1 Å². The molecule has 3 heterocycles. The number of anilines is 2. The van der Waals surface area contributed by atoms with Gasteiger partial charge < -0.3 is 19.9 Å². The summed E-state index contributed by atoms with van der Waals surface area (Å²) in [6, 6.07) is 4.78. The third kappa shape index (κ3) is 3.89. The molecule has 9 heteroatoms. The van der Waals surface area contributed by atoms with Gasteiger partial charge in [0.1, 0.15) is 11.9 Å². The van der Waals surface area contributed by atoms with Crippen molar-refractivity contribution in [1.29, 1.82) is 0 Å². The van der Waals surface area contributed by atoms with Crippen molar-refractivity contribution >= 4 is 29.3 Å². The lowest BCUT2D eigenvalue weighted by atomic mass is 10.1. The van der Waals surface area contributed by atoms with Crippen molar-refractivity contribution in [3.05, 3.63) is 24.0 Å². The van der Waals surface area contributed by atoms with Crippen LogP contribution in [0, 0.1) is 23.6 Å². The fourth-order valence-corrected chi connectivity index (χ4v) is 5.43. The second-order valence-electron chi connectivity index (χ2n) is 9.33. The molecule has 3 amide bonds. The molecule has 32 heavy (non-hydrogen) atoms. The third-order valence-corrected chi connectivity index (χ3v) is 7.18. The lowest BCUT2D eigenvalue weighted by molar-refractivity contribution is -0.134. The van der Waals surface area contributed by atoms with Gasteiger partial charge in [-0.15, -0.1) is 0 Å². The van der Waals surface area contributed by atoms with E-state index in [1.807, 2.05) is 9.80 Å². The van der Waals surface area contributed by atoms with E-state index >= 15 is 0 Å². The Balaban J connectivity index is 1.19.